The zero-order valence-electron chi connectivity index (χ0n) is 12.4. The van der Waals surface area contributed by atoms with Crippen molar-refractivity contribution in [2.75, 3.05) is 13.9 Å². The Kier molecular flexibility index (Phi) is 12.9. The fraction of sp³-hybridized carbons (Fsp3) is 0.867. The average Bonchev–Trinajstić information content (AvgIpc) is 2.38. The van der Waals surface area contributed by atoms with Crippen LogP contribution in [-0.2, 0) is 19.1 Å². The van der Waals surface area contributed by atoms with E-state index in [1.807, 2.05) is 0 Å². The number of esters is 1. The standard InChI is InChI=1S/C15H28O4/c1-14(16)11-9-7-5-3-4-6-8-10-12-15(17)19-13-18-2/h3-13H2,1-2H3. The van der Waals surface area contributed by atoms with Crippen LogP contribution >= 0.6 is 0 Å². The molecule has 0 aliphatic carbocycles. The molecule has 0 aliphatic heterocycles. The summed E-state index contributed by atoms with van der Waals surface area (Å²) in [5.41, 5.74) is 0. The maximum atomic E-state index is 11.1. The van der Waals surface area contributed by atoms with Gasteiger partial charge in [0.2, 0.25) is 0 Å². The number of Topliss-reactive ketones (excluding diaryl/α,β-unsaturated/α-hetero) is 1. The molecule has 0 amide bonds. The van der Waals surface area contributed by atoms with Gasteiger partial charge in [0.25, 0.3) is 0 Å². The van der Waals surface area contributed by atoms with E-state index in [-0.39, 0.29) is 12.8 Å². The van der Waals surface area contributed by atoms with Gasteiger partial charge in [-0.15, -0.1) is 0 Å². The molecule has 0 spiro atoms. The molecule has 0 aromatic carbocycles. The van der Waals surface area contributed by atoms with Crippen LogP contribution in [0.3, 0.4) is 0 Å². The highest BCUT2D eigenvalue weighted by molar-refractivity contribution is 5.75. The highest BCUT2D eigenvalue weighted by Gasteiger charge is 2.01. The van der Waals surface area contributed by atoms with Gasteiger partial charge in [-0.1, -0.05) is 38.5 Å². The fourth-order valence-corrected chi connectivity index (χ4v) is 1.90. The van der Waals surface area contributed by atoms with Crippen molar-refractivity contribution in [3.63, 3.8) is 0 Å². The van der Waals surface area contributed by atoms with Crippen LogP contribution in [0.1, 0.15) is 71.1 Å². The van der Waals surface area contributed by atoms with Gasteiger partial charge in [-0.25, -0.2) is 0 Å². The Morgan fingerprint density at radius 3 is 1.74 bits per heavy atom. The van der Waals surface area contributed by atoms with E-state index in [1.54, 1.807) is 6.92 Å². The molecular weight excluding hydrogens is 244 g/mol. The monoisotopic (exact) mass is 272 g/mol. The number of carbonyl (C=O) groups is 2. The van der Waals surface area contributed by atoms with E-state index in [0.29, 0.717) is 12.2 Å². The second-order valence-electron chi connectivity index (χ2n) is 4.95. The van der Waals surface area contributed by atoms with Crippen LogP contribution in [0, 0.1) is 0 Å². The van der Waals surface area contributed by atoms with E-state index in [0.717, 1.165) is 32.1 Å². The van der Waals surface area contributed by atoms with Crippen molar-refractivity contribution in [1.82, 2.24) is 0 Å². The molecule has 0 aliphatic rings. The first kappa shape index (κ1) is 18.1. The Hall–Kier alpha value is -0.900. The molecule has 0 saturated heterocycles. The van der Waals surface area contributed by atoms with Crippen LogP contribution in [-0.4, -0.2) is 25.7 Å². The van der Waals surface area contributed by atoms with Crippen LogP contribution in [0.15, 0.2) is 0 Å². The van der Waals surface area contributed by atoms with Gasteiger partial charge in [0.1, 0.15) is 5.78 Å². The number of ketones is 1. The Balaban J connectivity index is 3.10. The minimum Gasteiger partial charge on any atom is -0.438 e. The molecule has 0 fully saturated rings. The highest BCUT2D eigenvalue weighted by atomic mass is 16.7. The lowest BCUT2D eigenvalue weighted by atomic mass is 10.1. The van der Waals surface area contributed by atoms with Gasteiger partial charge in [0.15, 0.2) is 6.79 Å². The Bertz CT molecular complexity index is 238. The van der Waals surface area contributed by atoms with E-state index in [1.165, 1.54) is 32.8 Å². The zero-order chi connectivity index (χ0) is 14.3. The molecule has 0 aromatic rings. The lowest BCUT2D eigenvalue weighted by Gasteiger charge is -2.03. The second kappa shape index (κ2) is 13.5. The first-order chi connectivity index (χ1) is 9.16. The van der Waals surface area contributed by atoms with Crippen molar-refractivity contribution in [1.29, 1.82) is 0 Å². The molecule has 0 radical (unpaired) electrons. The maximum absolute atomic E-state index is 11.1. The van der Waals surface area contributed by atoms with Gasteiger partial charge in [-0.3, -0.25) is 4.79 Å². The molecule has 0 N–H and O–H groups in total. The largest absolute Gasteiger partial charge is 0.438 e. The van der Waals surface area contributed by atoms with Crippen LogP contribution in [0.2, 0.25) is 0 Å². The summed E-state index contributed by atoms with van der Waals surface area (Å²) in [6, 6.07) is 0. The molecule has 0 atom stereocenters. The summed E-state index contributed by atoms with van der Waals surface area (Å²) in [7, 11) is 1.50. The molecule has 0 heterocycles. The number of hydrogen-bond acceptors (Lipinski definition) is 4. The number of ether oxygens (including phenoxy) is 2. The predicted molar refractivity (Wildman–Crippen MR) is 74.8 cm³/mol. The molecule has 0 aromatic heterocycles. The van der Waals surface area contributed by atoms with E-state index < -0.39 is 0 Å². The number of methoxy groups -OCH3 is 1. The first-order valence-corrected chi connectivity index (χ1v) is 7.31. The first-order valence-electron chi connectivity index (χ1n) is 7.31. The van der Waals surface area contributed by atoms with Gasteiger partial charge in [-0.05, 0) is 19.8 Å². The topological polar surface area (TPSA) is 52.6 Å². The van der Waals surface area contributed by atoms with Crippen molar-refractivity contribution in [3.8, 4) is 0 Å². The smallest absolute Gasteiger partial charge is 0.307 e. The molecule has 4 nitrogen and oxygen atoms in total. The van der Waals surface area contributed by atoms with Gasteiger partial charge >= 0.3 is 5.97 Å². The summed E-state index contributed by atoms with van der Waals surface area (Å²) in [4.78, 5) is 21.9. The number of hydrogen-bond donors (Lipinski definition) is 0. The minimum atomic E-state index is -0.175. The minimum absolute atomic E-state index is 0.0547. The van der Waals surface area contributed by atoms with E-state index in [9.17, 15) is 9.59 Å². The molecule has 112 valence electrons. The molecule has 0 saturated carbocycles. The van der Waals surface area contributed by atoms with Gasteiger partial charge in [0, 0.05) is 20.0 Å². The van der Waals surface area contributed by atoms with Crippen LogP contribution in [0.5, 0.6) is 0 Å². The summed E-state index contributed by atoms with van der Waals surface area (Å²) < 4.78 is 9.45. The Morgan fingerprint density at radius 1 is 0.789 bits per heavy atom. The number of carbonyl (C=O) groups excluding carboxylic acids is 2. The van der Waals surface area contributed by atoms with Gasteiger partial charge in [0.05, 0.1) is 0 Å². The van der Waals surface area contributed by atoms with Crippen molar-refractivity contribution >= 4 is 11.8 Å². The lowest BCUT2D eigenvalue weighted by Crippen LogP contribution is -2.06. The molecule has 0 rings (SSSR count). The third-order valence-corrected chi connectivity index (χ3v) is 3.00. The molecule has 0 bridgehead atoms. The third kappa shape index (κ3) is 15.0. The summed E-state index contributed by atoms with van der Waals surface area (Å²) in [6.45, 7) is 1.71. The lowest BCUT2D eigenvalue weighted by molar-refractivity contribution is -0.154. The Morgan fingerprint density at radius 2 is 1.26 bits per heavy atom. The maximum Gasteiger partial charge on any atom is 0.307 e. The molecule has 0 unspecified atom stereocenters. The molecular formula is C15H28O4. The summed E-state index contributed by atoms with van der Waals surface area (Å²) in [5.74, 6) is 0.117. The predicted octanol–water partition coefficient (Wildman–Crippen LogP) is 3.62. The molecule has 4 heteroatoms. The van der Waals surface area contributed by atoms with Crippen molar-refractivity contribution < 1.29 is 19.1 Å². The van der Waals surface area contributed by atoms with Crippen molar-refractivity contribution in [2.45, 2.75) is 71.1 Å². The number of unbranched alkanes of at least 4 members (excludes halogenated alkanes) is 7. The summed E-state index contributed by atoms with van der Waals surface area (Å²) in [6.07, 6.45) is 10.2. The zero-order valence-corrected chi connectivity index (χ0v) is 12.4. The summed E-state index contributed by atoms with van der Waals surface area (Å²) in [5, 5.41) is 0. The Labute approximate surface area is 116 Å². The van der Waals surface area contributed by atoms with Crippen molar-refractivity contribution in [2.24, 2.45) is 0 Å². The highest BCUT2D eigenvalue weighted by Crippen LogP contribution is 2.11. The summed E-state index contributed by atoms with van der Waals surface area (Å²) >= 11 is 0. The van der Waals surface area contributed by atoms with Crippen LogP contribution in [0.4, 0.5) is 0 Å². The van der Waals surface area contributed by atoms with Crippen LogP contribution in [0.25, 0.3) is 0 Å². The van der Waals surface area contributed by atoms with Gasteiger partial charge in [-0.2, -0.15) is 0 Å². The number of rotatable bonds is 13. The molecule has 19 heavy (non-hydrogen) atoms. The SMILES string of the molecule is COCOC(=O)CCCCCCCCCCC(C)=O. The van der Waals surface area contributed by atoms with E-state index >= 15 is 0 Å². The average molecular weight is 272 g/mol. The third-order valence-electron chi connectivity index (χ3n) is 3.00. The normalized spacial score (nSPS) is 10.4. The quantitative estimate of drug-likeness (QED) is 0.292. The second-order valence-corrected chi connectivity index (χ2v) is 4.95. The van der Waals surface area contributed by atoms with Crippen molar-refractivity contribution in [3.05, 3.63) is 0 Å². The fourth-order valence-electron chi connectivity index (χ4n) is 1.90. The van der Waals surface area contributed by atoms with Gasteiger partial charge < -0.3 is 14.3 Å². The van der Waals surface area contributed by atoms with E-state index in [4.69, 9.17) is 4.74 Å². The van der Waals surface area contributed by atoms with E-state index in [2.05, 4.69) is 4.74 Å². The van der Waals surface area contributed by atoms with Crippen LogP contribution < -0.4 is 0 Å².